The molecule has 1 aliphatic carbocycles. The zero-order chi connectivity index (χ0) is 11.7. The summed E-state index contributed by atoms with van der Waals surface area (Å²) in [6.45, 7) is 7.98. The lowest BCUT2D eigenvalue weighted by atomic mass is 9.98. The van der Waals surface area contributed by atoms with Gasteiger partial charge in [-0.3, -0.25) is 0 Å². The Bertz CT molecular complexity index is 239. The minimum absolute atomic E-state index is 0.295. The van der Waals surface area contributed by atoms with E-state index in [-0.39, 0.29) is 11.6 Å². The van der Waals surface area contributed by atoms with Gasteiger partial charge < -0.3 is 15.8 Å². The monoisotopic (exact) mass is 214 g/mol. The minimum Gasteiger partial charge on any atom is -0.444 e. The van der Waals surface area contributed by atoms with Crippen molar-refractivity contribution in [3.8, 4) is 0 Å². The molecular weight excluding hydrogens is 192 g/mol. The van der Waals surface area contributed by atoms with Crippen LogP contribution in [-0.2, 0) is 4.74 Å². The summed E-state index contributed by atoms with van der Waals surface area (Å²) in [6, 6.07) is 0. The van der Waals surface area contributed by atoms with Crippen LogP contribution in [0.25, 0.3) is 0 Å². The lowest BCUT2D eigenvalue weighted by Crippen LogP contribution is -2.50. The molecule has 0 aromatic carbocycles. The first kappa shape index (κ1) is 12.3. The second-order valence-corrected chi connectivity index (χ2v) is 5.64. The molecule has 4 heteroatoms. The number of carbonyl (C=O) groups excluding carboxylic acids is 1. The van der Waals surface area contributed by atoms with E-state index in [2.05, 4.69) is 5.32 Å². The lowest BCUT2D eigenvalue weighted by Gasteiger charge is -2.26. The maximum Gasteiger partial charge on any atom is 0.407 e. The van der Waals surface area contributed by atoms with E-state index < -0.39 is 5.60 Å². The molecule has 0 radical (unpaired) electrons. The van der Waals surface area contributed by atoms with Crippen LogP contribution in [0.15, 0.2) is 0 Å². The summed E-state index contributed by atoms with van der Waals surface area (Å²) < 4.78 is 5.13. The number of hydrogen-bond donors (Lipinski definition) is 2. The smallest absolute Gasteiger partial charge is 0.407 e. The van der Waals surface area contributed by atoms with Gasteiger partial charge in [0.1, 0.15) is 5.60 Å². The fourth-order valence-corrected chi connectivity index (χ4v) is 1.46. The quantitative estimate of drug-likeness (QED) is 0.750. The zero-order valence-electron chi connectivity index (χ0n) is 10.1. The molecule has 0 heterocycles. The minimum atomic E-state index is -0.450. The standard InChI is InChI=1S/C11H22N2O2/c1-10(2,3)15-9(14)13-7-11(4,12)8-5-6-8/h8H,5-7,12H2,1-4H3,(H,13,14). The topological polar surface area (TPSA) is 64.3 Å². The van der Waals surface area contributed by atoms with E-state index in [1.807, 2.05) is 27.7 Å². The largest absolute Gasteiger partial charge is 0.444 e. The second-order valence-electron chi connectivity index (χ2n) is 5.64. The number of nitrogens with one attached hydrogen (secondary N) is 1. The van der Waals surface area contributed by atoms with Crippen LogP contribution in [0.1, 0.15) is 40.5 Å². The zero-order valence-corrected chi connectivity index (χ0v) is 10.1. The highest BCUT2D eigenvalue weighted by atomic mass is 16.6. The molecule has 3 N–H and O–H groups in total. The molecule has 1 atom stereocenters. The van der Waals surface area contributed by atoms with Gasteiger partial charge in [0.2, 0.25) is 0 Å². The molecule has 1 rings (SSSR count). The molecule has 1 aliphatic rings. The maximum atomic E-state index is 11.4. The van der Waals surface area contributed by atoms with Crippen LogP contribution < -0.4 is 11.1 Å². The van der Waals surface area contributed by atoms with Crippen LogP contribution in [0.2, 0.25) is 0 Å². The Balaban J connectivity index is 2.27. The van der Waals surface area contributed by atoms with Crippen molar-refractivity contribution >= 4 is 6.09 Å². The molecule has 88 valence electrons. The summed E-state index contributed by atoms with van der Waals surface area (Å²) in [5.41, 5.74) is 5.32. The molecule has 1 fully saturated rings. The highest BCUT2D eigenvalue weighted by Gasteiger charge is 2.38. The predicted molar refractivity (Wildman–Crippen MR) is 59.6 cm³/mol. The van der Waals surface area contributed by atoms with Gasteiger partial charge in [-0.15, -0.1) is 0 Å². The molecule has 1 saturated carbocycles. The van der Waals surface area contributed by atoms with Crippen LogP contribution in [0.5, 0.6) is 0 Å². The third-order valence-electron chi connectivity index (χ3n) is 2.52. The van der Waals surface area contributed by atoms with E-state index >= 15 is 0 Å². The third-order valence-corrected chi connectivity index (χ3v) is 2.52. The van der Waals surface area contributed by atoms with Crippen molar-refractivity contribution in [3.05, 3.63) is 0 Å². The van der Waals surface area contributed by atoms with E-state index in [0.29, 0.717) is 12.5 Å². The highest BCUT2D eigenvalue weighted by Crippen LogP contribution is 2.37. The number of ether oxygens (including phenoxy) is 1. The van der Waals surface area contributed by atoms with E-state index in [0.717, 1.165) is 0 Å². The summed E-state index contributed by atoms with van der Waals surface area (Å²) in [5.74, 6) is 0.549. The van der Waals surface area contributed by atoms with Crippen LogP contribution in [0.4, 0.5) is 4.79 Å². The first-order valence-electron chi connectivity index (χ1n) is 5.46. The Morgan fingerprint density at radius 2 is 1.93 bits per heavy atom. The van der Waals surface area contributed by atoms with Gasteiger partial charge in [0.05, 0.1) is 0 Å². The molecule has 0 aromatic rings. The van der Waals surface area contributed by atoms with Gasteiger partial charge in [-0.2, -0.15) is 0 Å². The average Bonchev–Trinajstić information content (AvgIpc) is 2.79. The Morgan fingerprint density at radius 3 is 2.33 bits per heavy atom. The molecule has 0 saturated heterocycles. The van der Waals surface area contributed by atoms with Gasteiger partial charge in [0, 0.05) is 12.1 Å². The van der Waals surface area contributed by atoms with Crippen molar-refractivity contribution in [1.29, 1.82) is 0 Å². The third kappa shape index (κ3) is 4.51. The SMILES string of the molecule is CC(C)(C)OC(=O)NCC(C)(N)C1CC1. The highest BCUT2D eigenvalue weighted by molar-refractivity contribution is 5.67. The number of rotatable bonds is 3. The van der Waals surface area contributed by atoms with Crippen molar-refractivity contribution in [3.63, 3.8) is 0 Å². The van der Waals surface area contributed by atoms with E-state index in [4.69, 9.17) is 10.5 Å². The van der Waals surface area contributed by atoms with Crippen molar-refractivity contribution in [2.45, 2.75) is 51.7 Å². The van der Waals surface area contributed by atoms with Crippen molar-refractivity contribution < 1.29 is 9.53 Å². The Labute approximate surface area is 91.5 Å². The van der Waals surface area contributed by atoms with Crippen molar-refractivity contribution in [1.82, 2.24) is 5.32 Å². The molecule has 1 unspecified atom stereocenters. The van der Waals surface area contributed by atoms with E-state index in [1.165, 1.54) is 12.8 Å². The molecular formula is C11H22N2O2. The van der Waals surface area contributed by atoms with Gasteiger partial charge in [-0.1, -0.05) is 0 Å². The lowest BCUT2D eigenvalue weighted by molar-refractivity contribution is 0.0514. The fraction of sp³-hybridized carbons (Fsp3) is 0.909. The number of amides is 1. The number of carbonyl (C=O) groups is 1. The molecule has 1 amide bonds. The van der Waals surface area contributed by atoms with Crippen LogP contribution in [0, 0.1) is 5.92 Å². The van der Waals surface area contributed by atoms with Crippen molar-refractivity contribution in [2.75, 3.05) is 6.54 Å². The van der Waals surface area contributed by atoms with Gasteiger partial charge in [-0.05, 0) is 46.5 Å². The second kappa shape index (κ2) is 4.00. The predicted octanol–water partition coefficient (Wildman–Crippen LogP) is 1.64. The van der Waals surface area contributed by atoms with Gasteiger partial charge in [-0.25, -0.2) is 4.79 Å². The average molecular weight is 214 g/mol. The van der Waals surface area contributed by atoms with Crippen LogP contribution in [-0.4, -0.2) is 23.8 Å². The molecule has 0 bridgehead atoms. The summed E-state index contributed by atoms with van der Waals surface area (Å²) in [5, 5.41) is 2.71. The first-order valence-corrected chi connectivity index (χ1v) is 5.46. The normalized spacial score (nSPS) is 20.6. The fourth-order valence-electron chi connectivity index (χ4n) is 1.46. The number of hydrogen-bond acceptors (Lipinski definition) is 3. The van der Waals surface area contributed by atoms with Crippen molar-refractivity contribution in [2.24, 2.45) is 11.7 Å². The van der Waals surface area contributed by atoms with E-state index in [1.54, 1.807) is 0 Å². The summed E-state index contributed by atoms with van der Waals surface area (Å²) in [7, 11) is 0. The van der Waals surface area contributed by atoms with Crippen LogP contribution in [0.3, 0.4) is 0 Å². The Kier molecular flexibility index (Phi) is 3.28. The van der Waals surface area contributed by atoms with Gasteiger partial charge >= 0.3 is 6.09 Å². The summed E-state index contributed by atoms with van der Waals surface area (Å²) >= 11 is 0. The summed E-state index contributed by atoms with van der Waals surface area (Å²) in [4.78, 5) is 11.4. The number of alkyl carbamates (subject to hydrolysis) is 1. The van der Waals surface area contributed by atoms with Gasteiger partial charge in [0.15, 0.2) is 0 Å². The molecule has 4 nitrogen and oxygen atoms in total. The Hall–Kier alpha value is -0.770. The van der Waals surface area contributed by atoms with E-state index in [9.17, 15) is 4.79 Å². The number of nitrogens with two attached hydrogens (primary N) is 1. The maximum absolute atomic E-state index is 11.4. The van der Waals surface area contributed by atoms with Crippen LogP contribution >= 0.6 is 0 Å². The Morgan fingerprint density at radius 1 is 1.40 bits per heavy atom. The molecule has 0 aliphatic heterocycles. The first-order chi connectivity index (χ1) is 6.71. The molecule has 0 aromatic heterocycles. The summed E-state index contributed by atoms with van der Waals surface area (Å²) in [6.07, 6.45) is 1.95. The molecule has 0 spiro atoms. The van der Waals surface area contributed by atoms with Gasteiger partial charge in [0.25, 0.3) is 0 Å². The molecule has 15 heavy (non-hydrogen) atoms.